The molecule has 0 heterocycles. The molecule has 0 saturated carbocycles. The van der Waals surface area contributed by atoms with Crippen LogP contribution in [0.3, 0.4) is 0 Å². The van der Waals surface area contributed by atoms with E-state index in [1.807, 2.05) is 31.2 Å². The van der Waals surface area contributed by atoms with Crippen LogP contribution < -0.4 is 0 Å². The average molecular weight is 236 g/mol. The SMILES string of the molecule is CCC.CCOC(CC)c1ccc(C=O)cc1. The summed E-state index contributed by atoms with van der Waals surface area (Å²) in [7, 11) is 0. The van der Waals surface area contributed by atoms with Crippen LogP contribution in [0.25, 0.3) is 0 Å². The summed E-state index contributed by atoms with van der Waals surface area (Å²) in [6.45, 7) is 9.05. The molecule has 0 N–H and O–H groups in total. The second-order valence-electron chi connectivity index (χ2n) is 3.84. The largest absolute Gasteiger partial charge is 0.374 e. The van der Waals surface area contributed by atoms with E-state index in [2.05, 4.69) is 20.8 Å². The fourth-order valence-electron chi connectivity index (χ4n) is 1.44. The minimum Gasteiger partial charge on any atom is -0.374 e. The fourth-order valence-corrected chi connectivity index (χ4v) is 1.44. The summed E-state index contributed by atoms with van der Waals surface area (Å²) >= 11 is 0. The molecule has 0 aliphatic rings. The third-order valence-electron chi connectivity index (χ3n) is 2.18. The highest BCUT2D eigenvalue weighted by Gasteiger charge is 2.07. The first-order valence-electron chi connectivity index (χ1n) is 6.40. The Labute approximate surface area is 105 Å². The molecule has 0 saturated heterocycles. The van der Waals surface area contributed by atoms with Gasteiger partial charge in [-0.1, -0.05) is 51.5 Å². The molecule has 17 heavy (non-hydrogen) atoms. The predicted molar refractivity (Wildman–Crippen MR) is 72.5 cm³/mol. The van der Waals surface area contributed by atoms with Crippen molar-refractivity contribution in [1.29, 1.82) is 0 Å². The van der Waals surface area contributed by atoms with E-state index in [-0.39, 0.29) is 6.10 Å². The Bertz CT molecular complexity index is 290. The molecule has 0 fully saturated rings. The normalized spacial score (nSPS) is 11.3. The molecular weight excluding hydrogens is 212 g/mol. The van der Waals surface area contributed by atoms with E-state index in [1.165, 1.54) is 6.42 Å². The molecule has 1 unspecified atom stereocenters. The zero-order valence-electron chi connectivity index (χ0n) is 11.4. The molecule has 1 aromatic rings. The monoisotopic (exact) mass is 236 g/mol. The number of ether oxygens (including phenoxy) is 1. The molecule has 0 aliphatic heterocycles. The summed E-state index contributed by atoms with van der Waals surface area (Å²) in [5, 5.41) is 0. The highest BCUT2D eigenvalue weighted by atomic mass is 16.5. The number of aldehydes is 1. The van der Waals surface area contributed by atoms with Crippen molar-refractivity contribution < 1.29 is 9.53 Å². The van der Waals surface area contributed by atoms with Gasteiger partial charge in [0.05, 0.1) is 6.10 Å². The van der Waals surface area contributed by atoms with Gasteiger partial charge < -0.3 is 4.74 Å². The lowest BCUT2D eigenvalue weighted by Gasteiger charge is -2.15. The van der Waals surface area contributed by atoms with E-state index in [4.69, 9.17) is 4.74 Å². The zero-order chi connectivity index (χ0) is 13.1. The Morgan fingerprint density at radius 3 is 2.00 bits per heavy atom. The summed E-state index contributed by atoms with van der Waals surface area (Å²) in [4.78, 5) is 10.5. The third kappa shape index (κ3) is 6.22. The molecule has 0 aliphatic carbocycles. The molecular formula is C15H24O2. The molecule has 1 rings (SSSR count). The van der Waals surface area contributed by atoms with Gasteiger partial charge in [-0.15, -0.1) is 0 Å². The van der Waals surface area contributed by atoms with Crippen LogP contribution in [-0.4, -0.2) is 12.9 Å². The van der Waals surface area contributed by atoms with Crippen LogP contribution in [0.4, 0.5) is 0 Å². The maximum absolute atomic E-state index is 10.5. The Balaban J connectivity index is 0.000000770. The number of hydrogen-bond donors (Lipinski definition) is 0. The summed E-state index contributed by atoms with van der Waals surface area (Å²) in [6.07, 6.45) is 3.21. The highest BCUT2D eigenvalue weighted by molar-refractivity contribution is 5.74. The number of rotatable bonds is 5. The van der Waals surface area contributed by atoms with Gasteiger partial charge in [-0.2, -0.15) is 0 Å². The average Bonchev–Trinajstić information content (AvgIpc) is 2.37. The fraction of sp³-hybridized carbons (Fsp3) is 0.533. The van der Waals surface area contributed by atoms with Gasteiger partial charge in [0.25, 0.3) is 0 Å². The molecule has 1 atom stereocenters. The molecule has 0 bridgehead atoms. The Morgan fingerprint density at radius 1 is 1.12 bits per heavy atom. The quantitative estimate of drug-likeness (QED) is 0.708. The van der Waals surface area contributed by atoms with Gasteiger partial charge in [-0.05, 0) is 18.9 Å². The lowest BCUT2D eigenvalue weighted by atomic mass is 10.1. The van der Waals surface area contributed by atoms with E-state index >= 15 is 0 Å². The van der Waals surface area contributed by atoms with Crippen LogP contribution in [-0.2, 0) is 4.74 Å². The first-order valence-corrected chi connectivity index (χ1v) is 6.40. The number of carbonyl (C=O) groups excluding carboxylic acids is 1. The maximum atomic E-state index is 10.5. The second kappa shape index (κ2) is 10.0. The van der Waals surface area contributed by atoms with Crippen LogP contribution in [0.2, 0.25) is 0 Å². The molecule has 1 aromatic carbocycles. The van der Waals surface area contributed by atoms with Crippen molar-refractivity contribution in [2.24, 2.45) is 0 Å². The summed E-state index contributed by atoms with van der Waals surface area (Å²) in [5.41, 5.74) is 1.85. The predicted octanol–water partition coefficient (Wildman–Crippen LogP) is 4.40. The standard InChI is InChI=1S/C12H16O2.C3H8/c1-3-12(14-4-2)11-7-5-10(9-13)6-8-11;1-3-2/h5-9,12H,3-4H2,1-2H3;3H2,1-2H3. The van der Waals surface area contributed by atoms with Crippen molar-refractivity contribution >= 4 is 6.29 Å². The van der Waals surface area contributed by atoms with Gasteiger partial charge in [0.2, 0.25) is 0 Å². The van der Waals surface area contributed by atoms with Gasteiger partial charge in [0.1, 0.15) is 6.29 Å². The highest BCUT2D eigenvalue weighted by Crippen LogP contribution is 2.20. The van der Waals surface area contributed by atoms with E-state index in [0.29, 0.717) is 12.2 Å². The van der Waals surface area contributed by atoms with Gasteiger partial charge in [-0.3, -0.25) is 4.79 Å². The number of hydrogen-bond acceptors (Lipinski definition) is 2. The van der Waals surface area contributed by atoms with Gasteiger partial charge in [-0.25, -0.2) is 0 Å². The molecule has 0 spiro atoms. The second-order valence-corrected chi connectivity index (χ2v) is 3.84. The summed E-state index contributed by atoms with van der Waals surface area (Å²) < 4.78 is 5.56. The van der Waals surface area contributed by atoms with E-state index < -0.39 is 0 Å². The zero-order valence-corrected chi connectivity index (χ0v) is 11.4. The Morgan fingerprint density at radius 2 is 1.65 bits per heavy atom. The van der Waals surface area contributed by atoms with Crippen LogP contribution in [0.5, 0.6) is 0 Å². The molecule has 96 valence electrons. The Hall–Kier alpha value is -1.15. The topological polar surface area (TPSA) is 26.3 Å². The van der Waals surface area contributed by atoms with E-state index in [0.717, 1.165) is 18.3 Å². The van der Waals surface area contributed by atoms with Gasteiger partial charge in [0, 0.05) is 12.2 Å². The van der Waals surface area contributed by atoms with Crippen molar-refractivity contribution in [3.05, 3.63) is 35.4 Å². The number of carbonyl (C=O) groups is 1. The van der Waals surface area contributed by atoms with Crippen molar-refractivity contribution in [3.63, 3.8) is 0 Å². The Kier molecular flexibility index (Phi) is 9.35. The maximum Gasteiger partial charge on any atom is 0.150 e. The van der Waals surface area contributed by atoms with Crippen LogP contribution in [0.1, 0.15) is 62.6 Å². The van der Waals surface area contributed by atoms with Crippen LogP contribution in [0.15, 0.2) is 24.3 Å². The molecule has 2 heteroatoms. The summed E-state index contributed by atoms with van der Waals surface area (Å²) in [6, 6.07) is 7.55. The van der Waals surface area contributed by atoms with Crippen molar-refractivity contribution in [2.45, 2.75) is 46.6 Å². The molecule has 0 aromatic heterocycles. The van der Waals surface area contributed by atoms with E-state index in [9.17, 15) is 4.79 Å². The van der Waals surface area contributed by atoms with Gasteiger partial charge >= 0.3 is 0 Å². The van der Waals surface area contributed by atoms with Gasteiger partial charge in [0.15, 0.2) is 0 Å². The van der Waals surface area contributed by atoms with E-state index in [1.54, 1.807) is 0 Å². The number of benzene rings is 1. The van der Waals surface area contributed by atoms with Crippen molar-refractivity contribution in [2.75, 3.05) is 6.61 Å². The minimum absolute atomic E-state index is 0.153. The van der Waals surface area contributed by atoms with Crippen LogP contribution >= 0.6 is 0 Å². The molecule has 2 nitrogen and oxygen atoms in total. The molecule has 0 amide bonds. The lowest BCUT2D eigenvalue weighted by molar-refractivity contribution is 0.0598. The first-order chi connectivity index (χ1) is 8.23. The van der Waals surface area contributed by atoms with Crippen LogP contribution in [0, 0.1) is 0 Å². The van der Waals surface area contributed by atoms with Crippen molar-refractivity contribution in [3.8, 4) is 0 Å². The first kappa shape index (κ1) is 15.9. The smallest absolute Gasteiger partial charge is 0.150 e. The minimum atomic E-state index is 0.153. The third-order valence-corrected chi connectivity index (χ3v) is 2.18. The van der Waals surface area contributed by atoms with Crippen molar-refractivity contribution in [1.82, 2.24) is 0 Å². The summed E-state index contributed by atoms with van der Waals surface area (Å²) in [5.74, 6) is 0. The molecule has 0 radical (unpaired) electrons. The lowest BCUT2D eigenvalue weighted by Crippen LogP contribution is -2.02.